The first kappa shape index (κ1) is 27.6. The molecule has 2 heterocycles. The Hall–Kier alpha value is -5.96. The third-order valence-electron chi connectivity index (χ3n) is 8.49. The molecular formula is C41H28N4S. The van der Waals surface area contributed by atoms with Crippen molar-refractivity contribution < 1.29 is 0 Å². The van der Waals surface area contributed by atoms with Gasteiger partial charge in [-0.05, 0) is 71.3 Å². The summed E-state index contributed by atoms with van der Waals surface area (Å²) < 4.78 is 4.97. The summed E-state index contributed by atoms with van der Waals surface area (Å²) in [4.78, 5) is 5.03. The van der Waals surface area contributed by atoms with Crippen LogP contribution in [0.1, 0.15) is 28.3 Å². The molecule has 0 saturated carbocycles. The molecule has 6 aromatic carbocycles. The lowest BCUT2D eigenvalue weighted by atomic mass is 10.0. The van der Waals surface area contributed by atoms with E-state index in [0.717, 1.165) is 22.4 Å². The predicted octanol–water partition coefficient (Wildman–Crippen LogP) is 10.2. The van der Waals surface area contributed by atoms with Crippen molar-refractivity contribution in [2.75, 3.05) is 0 Å². The Kier molecular flexibility index (Phi) is 6.90. The summed E-state index contributed by atoms with van der Waals surface area (Å²) in [7, 11) is 0. The van der Waals surface area contributed by atoms with E-state index in [1.165, 1.54) is 42.0 Å². The molecule has 8 rings (SSSR count). The van der Waals surface area contributed by atoms with Gasteiger partial charge in [0.1, 0.15) is 0 Å². The van der Waals surface area contributed by atoms with Crippen LogP contribution in [0.25, 0.3) is 53.4 Å². The monoisotopic (exact) mass is 608 g/mol. The van der Waals surface area contributed by atoms with E-state index in [2.05, 4.69) is 108 Å². The first-order chi connectivity index (χ1) is 22.7. The molecule has 0 amide bonds. The van der Waals surface area contributed by atoms with Gasteiger partial charge in [-0.1, -0.05) is 91.0 Å². The molecule has 1 atom stereocenters. The summed E-state index contributed by atoms with van der Waals surface area (Å²) in [5.41, 5.74) is 14.0. The minimum Gasteiger partial charge on any atom is -0.398 e. The summed E-state index contributed by atoms with van der Waals surface area (Å²) >= 11 is 1.85. The van der Waals surface area contributed by atoms with Crippen molar-refractivity contribution in [3.8, 4) is 11.8 Å². The zero-order chi connectivity index (χ0) is 31.0. The molecule has 0 radical (unpaired) electrons. The highest BCUT2D eigenvalue weighted by Crippen LogP contribution is 2.40. The molecule has 0 saturated heterocycles. The van der Waals surface area contributed by atoms with Crippen molar-refractivity contribution in [1.82, 2.24) is 4.57 Å². The highest BCUT2D eigenvalue weighted by Gasteiger charge is 2.16. The molecule has 0 aliphatic carbocycles. The second kappa shape index (κ2) is 11.5. The molecule has 2 aromatic heterocycles. The van der Waals surface area contributed by atoms with Gasteiger partial charge in [0.05, 0.1) is 28.7 Å². The molecule has 0 spiro atoms. The van der Waals surface area contributed by atoms with Crippen molar-refractivity contribution in [2.24, 2.45) is 10.7 Å². The van der Waals surface area contributed by atoms with Crippen LogP contribution in [0, 0.1) is 11.3 Å². The van der Waals surface area contributed by atoms with Gasteiger partial charge >= 0.3 is 0 Å². The number of aliphatic imine (C=N–C) groups is 1. The zero-order valence-corrected chi connectivity index (χ0v) is 25.7. The van der Waals surface area contributed by atoms with Crippen LogP contribution in [0.3, 0.4) is 0 Å². The number of para-hydroxylation sites is 1. The van der Waals surface area contributed by atoms with E-state index >= 15 is 0 Å². The van der Waals surface area contributed by atoms with E-state index in [1.54, 1.807) is 12.1 Å². The summed E-state index contributed by atoms with van der Waals surface area (Å²) in [5.74, 6) is 0. The van der Waals surface area contributed by atoms with Gasteiger partial charge in [-0.2, -0.15) is 5.26 Å². The number of benzene rings is 6. The average molecular weight is 609 g/mol. The van der Waals surface area contributed by atoms with E-state index in [4.69, 9.17) is 10.7 Å². The fourth-order valence-corrected chi connectivity index (χ4v) is 7.41. The first-order valence-corrected chi connectivity index (χ1v) is 16.0. The van der Waals surface area contributed by atoms with E-state index in [0.29, 0.717) is 11.3 Å². The van der Waals surface area contributed by atoms with Crippen LogP contribution in [-0.4, -0.2) is 10.8 Å². The number of aromatic nitrogens is 1. The Bertz CT molecular complexity index is 2510. The maximum absolute atomic E-state index is 9.37. The van der Waals surface area contributed by atoms with Crippen molar-refractivity contribution in [1.29, 1.82) is 5.26 Å². The highest BCUT2D eigenvalue weighted by molar-refractivity contribution is 7.25. The molecule has 1 unspecified atom stereocenters. The third-order valence-corrected chi connectivity index (χ3v) is 9.62. The first-order valence-electron chi connectivity index (χ1n) is 15.2. The van der Waals surface area contributed by atoms with E-state index in [1.807, 2.05) is 54.0 Å². The fraction of sp³-hybridized carbons (Fsp3) is 0.0244. The molecule has 0 fully saturated rings. The molecule has 4 nitrogen and oxygen atoms in total. The SMILES string of the molecule is N#Cc1cccc(/C(N)=C/C(N=Cc2cccc(-n3c4ccccc4c4cc5sc6ccccc6c5cc43)c2)c2ccccc2)c1. The Balaban J connectivity index is 1.23. The minimum atomic E-state index is -0.302. The Morgan fingerprint density at radius 2 is 1.48 bits per heavy atom. The maximum atomic E-state index is 9.37. The Morgan fingerprint density at radius 3 is 2.35 bits per heavy atom. The summed E-state index contributed by atoms with van der Waals surface area (Å²) in [6.45, 7) is 0. The van der Waals surface area contributed by atoms with Gasteiger partial charge in [0.15, 0.2) is 0 Å². The number of nitriles is 1. The van der Waals surface area contributed by atoms with Crippen LogP contribution in [-0.2, 0) is 0 Å². The normalized spacial score (nSPS) is 12.8. The number of nitrogens with zero attached hydrogens (tertiary/aromatic N) is 3. The van der Waals surface area contributed by atoms with Gasteiger partial charge in [-0.3, -0.25) is 4.99 Å². The number of rotatable bonds is 6. The lowest BCUT2D eigenvalue weighted by Crippen LogP contribution is -2.02. The number of thiophene rings is 1. The van der Waals surface area contributed by atoms with Gasteiger partial charge in [0.2, 0.25) is 0 Å². The molecule has 8 aromatic rings. The van der Waals surface area contributed by atoms with E-state index in [-0.39, 0.29) is 6.04 Å². The standard InChI is InChI=1S/C41H28N4S/c42-25-27-10-8-14-30(20-27)36(43)24-37(29-12-2-1-3-13-29)44-26-28-11-9-15-31(21-28)45-38-18-6-4-16-32(38)34-23-41-35(22-39(34)45)33-17-5-7-19-40(33)46-41/h1-24,26,37H,43H2/b36-24-,44-26?. The Labute approximate surface area is 270 Å². The summed E-state index contributed by atoms with van der Waals surface area (Å²) in [5, 5.41) is 14.4. The lowest BCUT2D eigenvalue weighted by molar-refractivity contribution is 0.918. The molecule has 5 heteroatoms. The van der Waals surface area contributed by atoms with E-state index in [9.17, 15) is 5.26 Å². The number of hydrogen-bond donors (Lipinski definition) is 1. The summed E-state index contributed by atoms with van der Waals surface area (Å²) in [6.07, 6.45) is 3.88. The molecule has 0 bridgehead atoms. The molecule has 0 aliphatic heterocycles. The van der Waals surface area contributed by atoms with Gasteiger partial charge < -0.3 is 10.3 Å². The van der Waals surface area contributed by atoms with Crippen molar-refractivity contribution in [3.05, 3.63) is 168 Å². The van der Waals surface area contributed by atoms with Crippen LogP contribution in [0.5, 0.6) is 0 Å². The van der Waals surface area contributed by atoms with Gasteiger partial charge in [-0.25, -0.2) is 0 Å². The van der Waals surface area contributed by atoms with Gasteiger partial charge in [-0.15, -0.1) is 11.3 Å². The average Bonchev–Trinajstić information content (AvgIpc) is 3.64. The summed E-state index contributed by atoms with van der Waals surface area (Å²) in [6, 6.07) is 49.9. The molecule has 0 aliphatic rings. The van der Waals surface area contributed by atoms with Crippen LogP contribution in [0.15, 0.2) is 151 Å². The smallest absolute Gasteiger partial charge is 0.0991 e. The minimum absolute atomic E-state index is 0.302. The number of hydrogen-bond acceptors (Lipinski definition) is 4. The topological polar surface area (TPSA) is 67.1 Å². The third kappa shape index (κ3) is 4.92. The van der Waals surface area contributed by atoms with Gasteiger partial charge in [0.25, 0.3) is 0 Å². The van der Waals surface area contributed by atoms with Crippen molar-refractivity contribution in [2.45, 2.75) is 6.04 Å². The maximum Gasteiger partial charge on any atom is 0.0991 e. The largest absolute Gasteiger partial charge is 0.398 e. The number of fused-ring (bicyclic) bond motifs is 6. The fourth-order valence-electron chi connectivity index (χ4n) is 6.29. The van der Waals surface area contributed by atoms with Gasteiger partial charge in [0, 0.05) is 48.5 Å². The number of nitrogens with two attached hydrogens (primary N) is 1. The van der Waals surface area contributed by atoms with Crippen LogP contribution in [0.2, 0.25) is 0 Å². The quantitative estimate of drug-likeness (QED) is 0.191. The molecule has 218 valence electrons. The second-order valence-corrected chi connectivity index (χ2v) is 12.4. The van der Waals surface area contributed by atoms with E-state index < -0.39 is 0 Å². The Morgan fingerprint density at radius 1 is 0.696 bits per heavy atom. The predicted molar refractivity (Wildman–Crippen MR) is 194 cm³/mol. The molecule has 2 N–H and O–H groups in total. The molecule has 46 heavy (non-hydrogen) atoms. The molecular weight excluding hydrogens is 581 g/mol. The van der Waals surface area contributed by atoms with Crippen LogP contribution in [0.4, 0.5) is 0 Å². The zero-order valence-electron chi connectivity index (χ0n) is 24.8. The lowest BCUT2D eigenvalue weighted by Gasteiger charge is -2.12. The second-order valence-electron chi connectivity index (χ2n) is 11.4. The van der Waals surface area contributed by atoms with Crippen LogP contribution >= 0.6 is 11.3 Å². The van der Waals surface area contributed by atoms with Crippen molar-refractivity contribution >= 4 is 65.2 Å². The highest BCUT2D eigenvalue weighted by atomic mass is 32.1. The van der Waals surface area contributed by atoms with Crippen LogP contribution < -0.4 is 5.73 Å². The van der Waals surface area contributed by atoms with Crippen molar-refractivity contribution in [3.63, 3.8) is 0 Å².